The first kappa shape index (κ1) is 20.9. The van der Waals surface area contributed by atoms with Gasteiger partial charge in [-0.3, -0.25) is 9.59 Å². The van der Waals surface area contributed by atoms with E-state index in [2.05, 4.69) is 35.6 Å². The third-order valence-corrected chi connectivity index (χ3v) is 5.79. The van der Waals surface area contributed by atoms with Crippen molar-refractivity contribution < 1.29 is 9.59 Å². The maximum atomic E-state index is 12.3. The van der Waals surface area contributed by atoms with Crippen LogP contribution >= 0.6 is 11.8 Å². The molecule has 0 aromatic heterocycles. The monoisotopic (exact) mass is 406 g/mol. The third-order valence-electron chi connectivity index (χ3n) is 4.78. The Kier molecular flexibility index (Phi) is 7.30. The van der Waals surface area contributed by atoms with Crippen molar-refractivity contribution in [2.24, 2.45) is 0 Å². The minimum absolute atomic E-state index is 0.0128. The molecular weight excluding hydrogens is 380 g/mol. The van der Waals surface area contributed by atoms with Gasteiger partial charge < -0.3 is 10.2 Å². The van der Waals surface area contributed by atoms with E-state index in [1.54, 1.807) is 40.9 Å². The summed E-state index contributed by atoms with van der Waals surface area (Å²) < 4.78 is 0. The molecule has 29 heavy (non-hydrogen) atoms. The lowest BCUT2D eigenvalue weighted by atomic mass is 10.1. The van der Waals surface area contributed by atoms with Crippen molar-refractivity contribution in [2.75, 3.05) is 24.2 Å². The number of rotatable bonds is 8. The van der Waals surface area contributed by atoms with Gasteiger partial charge in [-0.25, -0.2) is 0 Å². The van der Waals surface area contributed by atoms with Crippen molar-refractivity contribution in [3.8, 4) is 0 Å². The van der Waals surface area contributed by atoms with Crippen LogP contribution in [-0.4, -0.2) is 35.6 Å². The zero-order chi connectivity index (χ0) is 20.6. The van der Waals surface area contributed by atoms with Crippen molar-refractivity contribution in [1.82, 2.24) is 4.90 Å². The first-order valence-electron chi connectivity index (χ1n) is 9.85. The molecule has 3 rings (SSSR count). The fourth-order valence-corrected chi connectivity index (χ4v) is 3.95. The lowest BCUT2D eigenvalue weighted by molar-refractivity contribution is -0.113. The molecule has 0 aliphatic heterocycles. The van der Waals surface area contributed by atoms with Crippen molar-refractivity contribution in [3.05, 3.63) is 77.9 Å². The number of fused-ring (bicyclic) bond motifs is 1. The van der Waals surface area contributed by atoms with E-state index >= 15 is 0 Å². The maximum absolute atomic E-state index is 12.3. The summed E-state index contributed by atoms with van der Waals surface area (Å²) >= 11 is 1.59. The Balaban J connectivity index is 1.49. The third kappa shape index (κ3) is 5.61. The van der Waals surface area contributed by atoms with Crippen LogP contribution in [0, 0.1) is 0 Å². The van der Waals surface area contributed by atoms with Crippen LogP contribution in [0.25, 0.3) is 10.8 Å². The average molecular weight is 407 g/mol. The molecule has 0 heterocycles. The number of nitrogens with one attached hydrogen (secondary N) is 1. The van der Waals surface area contributed by atoms with Gasteiger partial charge >= 0.3 is 0 Å². The van der Waals surface area contributed by atoms with Crippen molar-refractivity contribution in [1.29, 1.82) is 0 Å². The molecular formula is C24H26N2O2S. The lowest BCUT2D eigenvalue weighted by Crippen LogP contribution is -2.30. The van der Waals surface area contributed by atoms with Crippen molar-refractivity contribution >= 4 is 40.0 Å². The largest absolute Gasteiger partial charge is 0.339 e. The summed E-state index contributed by atoms with van der Waals surface area (Å²) in [5.41, 5.74) is 2.55. The van der Waals surface area contributed by atoms with Crippen LogP contribution in [0.15, 0.2) is 66.7 Å². The van der Waals surface area contributed by atoms with Crippen molar-refractivity contribution in [2.45, 2.75) is 19.6 Å². The van der Waals surface area contributed by atoms with Gasteiger partial charge in [0, 0.05) is 30.1 Å². The molecule has 0 bridgehead atoms. The lowest BCUT2D eigenvalue weighted by Gasteiger charge is -2.18. The van der Waals surface area contributed by atoms with Crippen LogP contribution in [0.2, 0.25) is 0 Å². The van der Waals surface area contributed by atoms with E-state index in [1.165, 1.54) is 16.3 Å². The van der Waals surface area contributed by atoms with Gasteiger partial charge in [0.05, 0.1) is 5.75 Å². The number of nitrogens with zero attached hydrogens (tertiary/aromatic N) is 1. The molecule has 0 saturated heterocycles. The fourth-order valence-electron chi connectivity index (χ4n) is 3.18. The first-order valence-corrected chi connectivity index (χ1v) is 11.0. The first-order chi connectivity index (χ1) is 14.1. The average Bonchev–Trinajstić information content (AvgIpc) is 2.75. The molecule has 5 heteroatoms. The summed E-state index contributed by atoms with van der Waals surface area (Å²) in [5.74, 6) is 1.14. The number of carbonyl (C=O) groups is 2. The van der Waals surface area contributed by atoms with Crippen molar-refractivity contribution in [3.63, 3.8) is 0 Å². The van der Waals surface area contributed by atoms with E-state index in [-0.39, 0.29) is 11.8 Å². The Morgan fingerprint density at radius 2 is 1.59 bits per heavy atom. The van der Waals surface area contributed by atoms with Crippen LogP contribution in [-0.2, 0) is 10.5 Å². The van der Waals surface area contributed by atoms with Gasteiger partial charge in [0.2, 0.25) is 5.91 Å². The Hall–Kier alpha value is -2.79. The number of hydrogen-bond acceptors (Lipinski definition) is 3. The second-order valence-electron chi connectivity index (χ2n) is 6.78. The van der Waals surface area contributed by atoms with Crippen LogP contribution in [0.1, 0.15) is 29.8 Å². The van der Waals surface area contributed by atoms with Crippen LogP contribution in [0.4, 0.5) is 5.69 Å². The highest BCUT2D eigenvalue weighted by atomic mass is 32.2. The van der Waals surface area contributed by atoms with Gasteiger partial charge in [-0.05, 0) is 54.4 Å². The molecule has 0 aliphatic rings. The van der Waals surface area contributed by atoms with Gasteiger partial charge in [-0.1, -0.05) is 42.5 Å². The molecule has 1 N–H and O–H groups in total. The molecule has 0 aliphatic carbocycles. The number of anilines is 1. The highest BCUT2D eigenvalue weighted by Crippen LogP contribution is 2.20. The van der Waals surface area contributed by atoms with Crippen LogP contribution in [0.5, 0.6) is 0 Å². The zero-order valence-electron chi connectivity index (χ0n) is 16.9. The van der Waals surface area contributed by atoms with Gasteiger partial charge in [0.25, 0.3) is 5.91 Å². The summed E-state index contributed by atoms with van der Waals surface area (Å²) in [6, 6.07) is 21.8. The molecule has 0 atom stereocenters. The van der Waals surface area contributed by atoms with E-state index < -0.39 is 0 Å². The normalized spacial score (nSPS) is 10.7. The number of amides is 2. The van der Waals surface area contributed by atoms with Gasteiger partial charge in [0.1, 0.15) is 0 Å². The standard InChI is InChI=1S/C24H26N2O2S/c1-3-26(4-2)24(28)20-11-13-22(14-12-20)25-23(27)17-29-16-18-9-10-19-7-5-6-8-21(19)15-18/h5-15H,3-4,16-17H2,1-2H3,(H,25,27). The molecule has 0 fully saturated rings. The van der Waals surface area contributed by atoms with E-state index in [4.69, 9.17) is 0 Å². The number of benzene rings is 3. The van der Waals surface area contributed by atoms with Crippen LogP contribution < -0.4 is 5.32 Å². The Bertz CT molecular complexity index is 982. The topological polar surface area (TPSA) is 49.4 Å². The molecule has 0 unspecified atom stereocenters. The molecule has 3 aromatic carbocycles. The summed E-state index contributed by atoms with van der Waals surface area (Å²) in [5, 5.41) is 5.34. The zero-order valence-corrected chi connectivity index (χ0v) is 17.7. The summed E-state index contributed by atoms with van der Waals surface area (Å²) in [6.07, 6.45) is 0. The Morgan fingerprint density at radius 3 is 2.28 bits per heavy atom. The Morgan fingerprint density at radius 1 is 0.897 bits per heavy atom. The van der Waals surface area contributed by atoms with E-state index in [1.807, 2.05) is 26.0 Å². The minimum Gasteiger partial charge on any atom is -0.339 e. The fraction of sp³-hybridized carbons (Fsp3) is 0.250. The van der Waals surface area contributed by atoms with Crippen LogP contribution in [0.3, 0.4) is 0 Å². The summed E-state index contributed by atoms with van der Waals surface area (Å²) in [4.78, 5) is 26.3. The minimum atomic E-state index is -0.0430. The second kappa shape index (κ2) is 10.1. The Labute approximate surface area is 176 Å². The molecule has 150 valence electrons. The molecule has 0 radical (unpaired) electrons. The summed E-state index contributed by atoms with van der Waals surface area (Å²) in [6.45, 7) is 5.29. The van der Waals surface area contributed by atoms with E-state index in [0.717, 1.165) is 5.75 Å². The molecule has 3 aromatic rings. The molecule has 4 nitrogen and oxygen atoms in total. The quantitative estimate of drug-likeness (QED) is 0.560. The van der Waals surface area contributed by atoms with E-state index in [9.17, 15) is 9.59 Å². The smallest absolute Gasteiger partial charge is 0.253 e. The number of hydrogen-bond donors (Lipinski definition) is 1. The predicted octanol–water partition coefficient (Wildman–Crippen LogP) is 5.19. The van der Waals surface area contributed by atoms with Gasteiger partial charge in [0.15, 0.2) is 0 Å². The SMILES string of the molecule is CCN(CC)C(=O)c1ccc(NC(=O)CSCc2ccc3ccccc3c2)cc1. The van der Waals surface area contributed by atoms with Gasteiger partial charge in [-0.15, -0.1) is 11.8 Å². The summed E-state index contributed by atoms with van der Waals surface area (Å²) in [7, 11) is 0. The molecule has 0 spiro atoms. The maximum Gasteiger partial charge on any atom is 0.253 e. The predicted molar refractivity (Wildman–Crippen MR) is 122 cm³/mol. The molecule has 0 saturated carbocycles. The second-order valence-corrected chi connectivity index (χ2v) is 7.76. The number of carbonyl (C=O) groups excluding carboxylic acids is 2. The van der Waals surface area contributed by atoms with Gasteiger partial charge in [-0.2, -0.15) is 0 Å². The number of thioether (sulfide) groups is 1. The van der Waals surface area contributed by atoms with E-state index in [0.29, 0.717) is 30.1 Å². The highest BCUT2D eigenvalue weighted by molar-refractivity contribution is 7.99. The highest BCUT2D eigenvalue weighted by Gasteiger charge is 2.12. The molecule has 2 amide bonds.